The topological polar surface area (TPSA) is 114 Å². The maximum atomic E-state index is 13.4. The molecule has 4 aromatic rings. The van der Waals surface area contributed by atoms with Crippen molar-refractivity contribution in [3.8, 4) is 5.75 Å². The maximum Gasteiger partial charge on any atom is 0.434 e. The number of fused-ring (bicyclic) bond motifs is 1. The Morgan fingerprint density at radius 3 is 2.61 bits per heavy atom. The van der Waals surface area contributed by atoms with E-state index in [4.69, 9.17) is 20.8 Å². The molecule has 1 aromatic heterocycles. The molecule has 3 aromatic carbocycles. The van der Waals surface area contributed by atoms with Crippen LogP contribution in [0.25, 0.3) is 10.8 Å². The SMILES string of the molecule is COc1cc(Cl)ccc1S(=O)(=O)NC(c1n[nH]c(=O)o1)C(C)c1c(C)ccc2ccccc12. The highest BCUT2D eigenvalue weighted by Crippen LogP contribution is 2.38. The monoisotopic (exact) mass is 487 g/mol. The van der Waals surface area contributed by atoms with Gasteiger partial charge in [-0.1, -0.05) is 54.9 Å². The van der Waals surface area contributed by atoms with Crippen molar-refractivity contribution in [2.45, 2.75) is 30.7 Å². The number of hydrogen-bond acceptors (Lipinski definition) is 6. The van der Waals surface area contributed by atoms with E-state index in [9.17, 15) is 13.2 Å². The minimum absolute atomic E-state index is 0.0728. The minimum Gasteiger partial charge on any atom is -0.495 e. The molecule has 0 saturated carbocycles. The van der Waals surface area contributed by atoms with Crippen LogP contribution in [-0.2, 0) is 10.0 Å². The van der Waals surface area contributed by atoms with Crippen molar-refractivity contribution in [2.24, 2.45) is 0 Å². The van der Waals surface area contributed by atoms with Crippen LogP contribution in [0.2, 0.25) is 5.02 Å². The summed E-state index contributed by atoms with van der Waals surface area (Å²) in [6, 6.07) is 15.0. The normalized spacial score (nSPS) is 13.7. The van der Waals surface area contributed by atoms with Crippen molar-refractivity contribution < 1.29 is 17.6 Å². The quantitative estimate of drug-likeness (QED) is 0.401. The molecule has 172 valence electrons. The smallest absolute Gasteiger partial charge is 0.434 e. The van der Waals surface area contributed by atoms with Crippen LogP contribution < -0.4 is 15.2 Å². The molecule has 0 spiro atoms. The Hall–Kier alpha value is -3.14. The number of sulfonamides is 1. The number of nitrogens with zero attached hydrogens (tertiary/aromatic N) is 1. The van der Waals surface area contributed by atoms with Crippen LogP contribution in [0.3, 0.4) is 0 Å². The number of aromatic amines is 1. The van der Waals surface area contributed by atoms with Gasteiger partial charge in [0.05, 0.1) is 7.11 Å². The van der Waals surface area contributed by atoms with Crippen LogP contribution >= 0.6 is 11.6 Å². The third-order valence-electron chi connectivity index (χ3n) is 5.56. The Kier molecular flexibility index (Phi) is 6.29. The van der Waals surface area contributed by atoms with Crippen molar-refractivity contribution in [3.05, 3.63) is 87.2 Å². The van der Waals surface area contributed by atoms with E-state index in [1.807, 2.05) is 50.2 Å². The number of ether oxygens (including phenoxy) is 1. The molecule has 0 saturated heterocycles. The zero-order valence-electron chi connectivity index (χ0n) is 18.1. The summed E-state index contributed by atoms with van der Waals surface area (Å²) >= 11 is 5.99. The predicted molar refractivity (Wildman–Crippen MR) is 125 cm³/mol. The standard InChI is InChI=1S/C23H22ClN3O5S/c1-13-8-9-15-6-4-5-7-17(15)20(13)14(2)21(22-25-26-23(28)32-22)27-33(29,30)19-11-10-16(24)12-18(19)31-3/h4-12,14,21,27H,1-3H3,(H,26,28). The van der Waals surface area contributed by atoms with Crippen LogP contribution in [0.15, 0.2) is 68.7 Å². The Bertz CT molecular complexity index is 1480. The lowest BCUT2D eigenvalue weighted by Gasteiger charge is -2.25. The first-order valence-corrected chi connectivity index (χ1v) is 12.0. The number of methoxy groups -OCH3 is 1. The lowest BCUT2D eigenvalue weighted by atomic mass is 9.86. The van der Waals surface area contributed by atoms with Gasteiger partial charge >= 0.3 is 5.76 Å². The molecule has 0 fully saturated rings. The van der Waals surface area contributed by atoms with E-state index < -0.39 is 27.7 Å². The van der Waals surface area contributed by atoms with E-state index in [-0.39, 0.29) is 16.5 Å². The van der Waals surface area contributed by atoms with Crippen LogP contribution in [0.5, 0.6) is 5.75 Å². The summed E-state index contributed by atoms with van der Waals surface area (Å²) in [5, 5.41) is 8.45. The van der Waals surface area contributed by atoms with E-state index in [1.54, 1.807) is 0 Å². The van der Waals surface area contributed by atoms with Gasteiger partial charge in [-0.15, -0.1) is 5.10 Å². The molecule has 1 heterocycles. The zero-order chi connectivity index (χ0) is 23.8. The highest BCUT2D eigenvalue weighted by molar-refractivity contribution is 7.89. The van der Waals surface area contributed by atoms with Crippen molar-refractivity contribution in [2.75, 3.05) is 7.11 Å². The van der Waals surface area contributed by atoms with Crippen molar-refractivity contribution in [1.82, 2.24) is 14.9 Å². The number of benzene rings is 3. The average molecular weight is 488 g/mol. The minimum atomic E-state index is -4.13. The maximum absolute atomic E-state index is 13.4. The lowest BCUT2D eigenvalue weighted by molar-refractivity contribution is 0.379. The van der Waals surface area contributed by atoms with Gasteiger partial charge in [0, 0.05) is 17.0 Å². The summed E-state index contributed by atoms with van der Waals surface area (Å²) in [4.78, 5) is 11.6. The van der Waals surface area contributed by atoms with Crippen molar-refractivity contribution >= 4 is 32.4 Å². The molecule has 2 N–H and O–H groups in total. The van der Waals surface area contributed by atoms with Gasteiger partial charge in [0.25, 0.3) is 0 Å². The summed E-state index contributed by atoms with van der Waals surface area (Å²) in [5.41, 5.74) is 1.88. The van der Waals surface area contributed by atoms with Gasteiger partial charge in [-0.05, 0) is 41.0 Å². The van der Waals surface area contributed by atoms with Gasteiger partial charge in [-0.25, -0.2) is 18.3 Å². The number of hydrogen-bond donors (Lipinski definition) is 2. The molecule has 0 aliphatic heterocycles. The molecule has 8 nitrogen and oxygen atoms in total. The fourth-order valence-corrected chi connectivity index (χ4v) is 5.59. The molecule has 0 radical (unpaired) electrons. The molecule has 0 amide bonds. The fourth-order valence-electron chi connectivity index (χ4n) is 4.01. The third-order valence-corrected chi connectivity index (χ3v) is 7.28. The largest absolute Gasteiger partial charge is 0.495 e. The van der Waals surface area contributed by atoms with E-state index in [0.717, 1.165) is 21.9 Å². The van der Waals surface area contributed by atoms with E-state index in [1.165, 1.54) is 25.3 Å². The van der Waals surface area contributed by atoms with E-state index in [0.29, 0.717) is 5.02 Å². The fraction of sp³-hybridized carbons (Fsp3) is 0.217. The molecule has 0 aliphatic rings. The van der Waals surface area contributed by atoms with Gasteiger partial charge in [0.1, 0.15) is 16.7 Å². The Morgan fingerprint density at radius 2 is 1.91 bits per heavy atom. The molecule has 33 heavy (non-hydrogen) atoms. The number of H-pyrrole nitrogens is 1. The summed E-state index contributed by atoms with van der Waals surface area (Å²) in [6.07, 6.45) is 0. The Balaban J connectivity index is 1.84. The third kappa shape index (κ3) is 4.52. The van der Waals surface area contributed by atoms with Gasteiger partial charge in [0.15, 0.2) is 0 Å². The van der Waals surface area contributed by atoms with Crippen LogP contribution in [0, 0.1) is 6.92 Å². The van der Waals surface area contributed by atoms with Crippen LogP contribution in [0.4, 0.5) is 0 Å². The molecular weight excluding hydrogens is 466 g/mol. The van der Waals surface area contributed by atoms with Gasteiger partial charge in [0.2, 0.25) is 15.9 Å². The molecular formula is C23H22ClN3O5S. The average Bonchev–Trinajstić information content (AvgIpc) is 3.22. The number of halogens is 1. The number of nitrogens with one attached hydrogen (secondary N) is 2. The molecule has 10 heteroatoms. The van der Waals surface area contributed by atoms with E-state index >= 15 is 0 Å². The zero-order valence-corrected chi connectivity index (χ0v) is 19.7. The number of aryl methyl sites for hydroxylation is 1. The van der Waals surface area contributed by atoms with Crippen molar-refractivity contribution in [1.29, 1.82) is 0 Å². The number of aromatic nitrogens is 2. The molecule has 0 aliphatic carbocycles. The molecule has 0 bridgehead atoms. The second kappa shape index (κ2) is 9.01. The molecule has 2 unspecified atom stereocenters. The summed E-state index contributed by atoms with van der Waals surface area (Å²) in [7, 11) is -2.77. The Morgan fingerprint density at radius 1 is 1.15 bits per heavy atom. The lowest BCUT2D eigenvalue weighted by Crippen LogP contribution is -2.33. The number of rotatable bonds is 7. The highest BCUT2D eigenvalue weighted by atomic mass is 35.5. The first kappa shape index (κ1) is 23.0. The molecule has 2 atom stereocenters. The van der Waals surface area contributed by atoms with Crippen LogP contribution in [-0.4, -0.2) is 25.7 Å². The van der Waals surface area contributed by atoms with E-state index in [2.05, 4.69) is 14.9 Å². The molecule has 4 rings (SSSR count). The second-order valence-electron chi connectivity index (χ2n) is 7.65. The van der Waals surface area contributed by atoms with Crippen molar-refractivity contribution in [3.63, 3.8) is 0 Å². The first-order valence-electron chi connectivity index (χ1n) is 10.1. The summed E-state index contributed by atoms with van der Waals surface area (Å²) in [6.45, 7) is 3.81. The highest BCUT2D eigenvalue weighted by Gasteiger charge is 2.33. The first-order chi connectivity index (χ1) is 15.7. The van der Waals surface area contributed by atoms with Gasteiger partial charge in [-0.2, -0.15) is 4.72 Å². The Labute approximate surface area is 195 Å². The van der Waals surface area contributed by atoms with Gasteiger partial charge in [-0.3, -0.25) is 0 Å². The van der Waals surface area contributed by atoms with Gasteiger partial charge < -0.3 is 9.15 Å². The van der Waals surface area contributed by atoms with Crippen LogP contribution in [0.1, 0.15) is 35.9 Å². The second-order valence-corrected chi connectivity index (χ2v) is 9.77. The summed E-state index contributed by atoms with van der Waals surface area (Å²) < 4.78 is 39.9. The predicted octanol–water partition coefficient (Wildman–Crippen LogP) is 4.31. The summed E-state index contributed by atoms with van der Waals surface area (Å²) in [5.74, 6) is -1.21.